The van der Waals surface area contributed by atoms with Crippen LogP contribution >= 0.6 is 0 Å². The van der Waals surface area contributed by atoms with Crippen LogP contribution in [-0.2, 0) is 22.4 Å². The number of benzene rings is 2. The van der Waals surface area contributed by atoms with Crippen LogP contribution < -0.4 is 11.1 Å². The molecule has 0 aliphatic carbocycles. The highest BCUT2D eigenvalue weighted by Crippen LogP contribution is 2.10. The molecule has 3 N–H and O–H groups in total. The molecule has 1 atom stereocenters. The number of nitrogens with one attached hydrogen (secondary N) is 1. The monoisotopic (exact) mass is 332 g/mol. The lowest BCUT2D eigenvalue weighted by Crippen LogP contribution is -2.37. The highest BCUT2D eigenvalue weighted by Gasteiger charge is 2.17. The molecule has 2 amide bonds. The van der Waals surface area contributed by atoms with Crippen molar-refractivity contribution in [2.75, 3.05) is 6.54 Å². The first kappa shape index (κ1) is 17.6. The van der Waals surface area contributed by atoms with Crippen molar-refractivity contribution in [1.82, 2.24) is 5.32 Å². The zero-order valence-electron chi connectivity index (χ0n) is 13.0. The summed E-state index contributed by atoms with van der Waals surface area (Å²) in [5.41, 5.74) is 6.37. The second-order valence-electron chi connectivity index (χ2n) is 5.50. The first-order valence-corrected chi connectivity index (χ1v) is 7.49. The zero-order valence-corrected chi connectivity index (χ0v) is 13.0. The number of rotatable bonds is 7. The Kier molecular flexibility index (Phi) is 6.01. The van der Waals surface area contributed by atoms with Crippen LogP contribution in [0.3, 0.4) is 0 Å². The molecule has 4 nitrogen and oxygen atoms in total. The highest BCUT2D eigenvalue weighted by atomic mass is 19.1. The van der Waals surface area contributed by atoms with Crippen molar-refractivity contribution in [2.24, 2.45) is 11.7 Å². The van der Waals surface area contributed by atoms with Crippen molar-refractivity contribution in [3.05, 3.63) is 71.3 Å². The number of halogens is 2. The van der Waals surface area contributed by atoms with Gasteiger partial charge in [-0.2, -0.15) is 0 Å². The Morgan fingerprint density at radius 2 is 1.71 bits per heavy atom. The number of carbonyl (C=O) groups excluding carboxylic acids is 2. The van der Waals surface area contributed by atoms with E-state index in [2.05, 4.69) is 5.32 Å². The van der Waals surface area contributed by atoms with Gasteiger partial charge in [-0.1, -0.05) is 30.3 Å². The molecule has 1 unspecified atom stereocenters. The molecule has 2 aromatic rings. The van der Waals surface area contributed by atoms with Gasteiger partial charge in [-0.25, -0.2) is 8.78 Å². The fraction of sp³-hybridized carbons (Fsp3) is 0.222. The lowest BCUT2D eigenvalue weighted by Gasteiger charge is -2.14. The molecule has 0 bridgehead atoms. The summed E-state index contributed by atoms with van der Waals surface area (Å²) in [5.74, 6) is -2.41. The first-order chi connectivity index (χ1) is 11.5. The lowest BCUT2D eigenvalue weighted by atomic mass is 9.98. The van der Waals surface area contributed by atoms with Gasteiger partial charge in [-0.15, -0.1) is 0 Å². The van der Waals surface area contributed by atoms with E-state index in [1.165, 1.54) is 24.3 Å². The Hall–Kier alpha value is -2.76. The molecule has 0 aliphatic rings. The van der Waals surface area contributed by atoms with Crippen molar-refractivity contribution in [1.29, 1.82) is 0 Å². The minimum atomic E-state index is -0.625. The molecule has 24 heavy (non-hydrogen) atoms. The predicted octanol–water partition coefficient (Wildman–Crippen LogP) is 1.97. The van der Waals surface area contributed by atoms with E-state index in [1.807, 2.05) is 0 Å². The van der Waals surface area contributed by atoms with E-state index in [-0.39, 0.29) is 30.8 Å². The van der Waals surface area contributed by atoms with Crippen LogP contribution in [0.15, 0.2) is 48.5 Å². The molecule has 6 heteroatoms. The third-order valence-electron chi connectivity index (χ3n) is 3.65. The minimum absolute atomic E-state index is 0.0417. The van der Waals surface area contributed by atoms with Crippen LogP contribution in [0.2, 0.25) is 0 Å². The van der Waals surface area contributed by atoms with Crippen molar-refractivity contribution < 1.29 is 18.4 Å². The van der Waals surface area contributed by atoms with Crippen LogP contribution in [0.25, 0.3) is 0 Å². The normalized spacial score (nSPS) is 11.8. The second-order valence-corrected chi connectivity index (χ2v) is 5.50. The summed E-state index contributed by atoms with van der Waals surface area (Å²) in [5, 5.41) is 2.59. The van der Waals surface area contributed by atoms with Crippen LogP contribution in [0.1, 0.15) is 11.1 Å². The van der Waals surface area contributed by atoms with Gasteiger partial charge in [0.15, 0.2) is 0 Å². The number of primary amides is 1. The predicted molar refractivity (Wildman–Crippen MR) is 85.9 cm³/mol. The van der Waals surface area contributed by atoms with E-state index < -0.39 is 23.5 Å². The summed E-state index contributed by atoms with van der Waals surface area (Å²) in [6, 6.07) is 11.7. The van der Waals surface area contributed by atoms with E-state index in [0.717, 1.165) is 5.56 Å². The van der Waals surface area contributed by atoms with E-state index in [4.69, 9.17) is 5.73 Å². The van der Waals surface area contributed by atoms with Gasteiger partial charge < -0.3 is 11.1 Å². The number of carbonyl (C=O) groups is 2. The van der Waals surface area contributed by atoms with Gasteiger partial charge in [0.25, 0.3) is 0 Å². The molecule has 0 heterocycles. The molecule has 0 saturated heterocycles. The molecule has 0 aliphatic heterocycles. The summed E-state index contributed by atoms with van der Waals surface area (Å²) in [6.07, 6.45) is 0.171. The van der Waals surface area contributed by atoms with E-state index >= 15 is 0 Å². The van der Waals surface area contributed by atoms with Crippen LogP contribution in [0.5, 0.6) is 0 Å². The average molecular weight is 332 g/mol. The fourth-order valence-electron chi connectivity index (χ4n) is 2.29. The summed E-state index contributed by atoms with van der Waals surface area (Å²) < 4.78 is 26.4. The van der Waals surface area contributed by atoms with Gasteiger partial charge in [-0.3, -0.25) is 9.59 Å². The summed E-state index contributed by atoms with van der Waals surface area (Å²) in [7, 11) is 0. The van der Waals surface area contributed by atoms with E-state index in [9.17, 15) is 18.4 Å². The third-order valence-corrected chi connectivity index (χ3v) is 3.65. The molecule has 2 rings (SSSR count). The Balaban J connectivity index is 1.91. The van der Waals surface area contributed by atoms with Gasteiger partial charge in [-0.05, 0) is 35.7 Å². The maximum atomic E-state index is 13.5. The lowest BCUT2D eigenvalue weighted by molar-refractivity contribution is -0.123. The Morgan fingerprint density at radius 3 is 2.33 bits per heavy atom. The van der Waals surface area contributed by atoms with Crippen molar-refractivity contribution in [3.8, 4) is 0 Å². The highest BCUT2D eigenvalue weighted by molar-refractivity contribution is 5.81. The zero-order chi connectivity index (χ0) is 17.5. The summed E-state index contributed by atoms with van der Waals surface area (Å²) in [6.45, 7) is 0.0417. The molecule has 0 aromatic heterocycles. The van der Waals surface area contributed by atoms with Crippen LogP contribution in [0, 0.1) is 17.6 Å². The maximum Gasteiger partial charge on any atom is 0.224 e. The van der Waals surface area contributed by atoms with Gasteiger partial charge in [0.2, 0.25) is 11.8 Å². The molecule has 0 saturated carbocycles. The van der Waals surface area contributed by atoms with Gasteiger partial charge >= 0.3 is 0 Å². The molecule has 2 aromatic carbocycles. The summed E-state index contributed by atoms with van der Waals surface area (Å²) >= 11 is 0. The van der Waals surface area contributed by atoms with E-state index in [0.29, 0.717) is 0 Å². The minimum Gasteiger partial charge on any atom is -0.369 e. The molecule has 0 fully saturated rings. The van der Waals surface area contributed by atoms with Gasteiger partial charge in [0.1, 0.15) is 11.6 Å². The molecular weight excluding hydrogens is 314 g/mol. The molecule has 0 spiro atoms. The number of amides is 2. The van der Waals surface area contributed by atoms with Crippen LogP contribution in [0.4, 0.5) is 8.78 Å². The standard InChI is InChI=1S/C18H18F2N2O2/c19-15-7-5-12(6-8-15)9-14(18(21)24)11-22-17(23)10-13-3-1-2-4-16(13)20/h1-8,14H,9-11H2,(H2,21,24)(H,22,23). The first-order valence-electron chi connectivity index (χ1n) is 7.49. The van der Waals surface area contributed by atoms with Crippen molar-refractivity contribution >= 4 is 11.8 Å². The Labute approximate surface area is 138 Å². The number of hydrogen-bond donors (Lipinski definition) is 2. The summed E-state index contributed by atoms with van der Waals surface area (Å²) in [4.78, 5) is 23.4. The quantitative estimate of drug-likeness (QED) is 0.814. The number of nitrogens with two attached hydrogens (primary N) is 1. The topological polar surface area (TPSA) is 72.2 Å². The third kappa shape index (κ3) is 5.15. The van der Waals surface area contributed by atoms with Crippen molar-refractivity contribution in [2.45, 2.75) is 12.8 Å². The maximum absolute atomic E-state index is 13.5. The largest absolute Gasteiger partial charge is 0.369 e. The Morgan fingerprint density at radius 1 is 1.04 bits per heavy atom. The van der Waals surface area contributed by atoms with Crippen LogP contribution in [-0.4, -0.2) is 18.4 Å². The van der Waals surface area contributed by atoms with Crippen molar-refractivity contribution in [3.63, 3.8) is 0 Å². The average Bonchev–Trinajstić information content (AvgIpc) is 2.55. The SMILES string of the molecule is NC(=O)C(CNC(=O)Cc1ccccc1F)Cc1ccc(F)cc1. The smallest absolute Gasteiger partial charge is 0.224 e. The fourth-order valence-corrected chi connectivity index (χ4v) is 2.29. The van der Waals surface area contributed by atoms with E-state index in [1.54, 1.807) is 24.3 Å². The second kappa shape index (κ2) is 8.19. The molecule has 0 radical (unpaired) electrons. The van der Waals surface area contributed by atoms with Gasteiger partial charge in [0.05, 0.1) is 12.3 Å². The van der Waals surface area contributed by atoms with Gasteiger partial charge in [0, 0.05) is 6.54 Å². The Bertz CT molecular complexity index is 717. The number of hydrogen-bond acceptors (Lipinski definition) is 2. The molecular formula is C18H18F2N2O2. The molecule has 126 valence electrons.